The van der Waals surface area contributed by atoms with Gasteiger partial charge in [-0.25, -0.2) is 0 Å². The minimum atomic E-state index is -4.39. The van der Waals surface area contributed by atoms with Gasteiger partial charge in [0.05, 0.1) is 0 Å². The Morgan fingerprint density at radius 1 is 1.22 bits per heavy atom. The van der Waals surface area contributed by atoms with Gasteiger partial charge in [0.25, 0.3) is 5.91 Å². The van der Waals surface area contributed by atoms with Gasteiger partial charge < -0.3 is 10.6 Å². The van der Waals surface area contributed by atoms with Gasteiger partial charge in [0, 0.05) is 17.8 Å². The van der Waals surface area contributed by atoms with E-state index in [1.807, 2.05) is 12.2 Å². The molecule has 0 saturated heterocycles. The summed E-state index contributed by atoms with van der Waals surface area (Å²) in [6, 6.07) is 6.31. The standard InChI is InChI=1S/C12H15F3N2O/c1-2-7-16-10-5-3-9(4-6-10)11(18)17-8-12(13,14)15/h3-6,16H,2,7-8H2,1H3,(H,17,18). The molecule has 0 fully saturated rings. The highest BCUT2D eigenvalue weighted by molar-refractivity contribution is 5.94. The van der Waals surface area contributed by atoms with Gasteiger partial charge in [-0.2, -0.15) is 13.2 Å². The molecule has 0 spiro atoms. The summed E-state index contributed by atoms with van der Waals surface area (Å²) >= 11 is 0. The molecule has 0 bridgehead atoms. The summed E-state index contributed by atoms with van der Waals surface area (Å²) in [4.78, 5) is 11.4. The van der Waals surface area contributed by atoms with Crippen LogP contribution >= 0.6 is 0 Å². The lowest BCUT2D eigenvalue weighted by Gasteiger charge is -2.09. The fourth-order valence-corrected chi connectivity index (χ4v) is 1.29. The molecule has 1 aromatic carbocycles. The molecule has 0 aliphatic heterocycles. The van der Waals surface area contributed by atoms with Crippen molar-refractivity contribution in [3.8, 4) is 0 Å². The van der Waals surface area contributed by atoms with E-state index in [1.54, 1.807) is 12.1 Å². The number of carbonyl (C=O) groups excluding carboxylic acids is 1. The van der Waals surface area contributed by atoms with E-state index in [-0.39, 0.29) is 5.56 Å². The molecule has 0 atom stereocenters. The Kier molecular flexibility index (Phi) is 5.00. The van der Waals surface area contributed by atoms with Crippen LogP contribution in [0, 0.1) is 0 Å². The molecule has 0 unspecified atom stereocenters. The van der Waals surface area contributed by atoms with Gasteiger partial charge in [-0.05, 0) is 30.7 Å². The second-order valence-corrected chi connectivity index (χ2v) is 3.80. The Bertz CT molecular complexity index is 387. The van der Waals surface area contributed by atoms with Gasteiger partial charge in [-0.3, -0.25) is 4.79 Å². The summed E-state index contributed by atoms with van der Waals surface area (Å²) in [5.41, 5.74) is 1.05. The van der Waals surface area contributed by atoms with Crippen molar-refractivity contribution < 1.29 is 18.0 Å². The van der Waals surface area contributed by atoms with Crippen LogP contribution in [0.1, 0.15) is 23.7 Å². The smallest absolute Gasteiger partial charge is 0.385 e. The zero-order chi connectivity index (χ0) is 13.6. The normalized spacial score (nSPS) is 11.1. The molecule has 0 aliphatic carbocycles. The fourth-order valence-electron chi connectivity index (χ4n) is 1.29. The first-order chi connectivity index (χ1) is 8.42. The Hall–Kier alpha value is -1.72. The number of alkyl halides is 3. The molecule has 100 valence electrons. The molecule has 18 heavy (non-hydrogen) atoms. The molecule has 0 saturated carbocycles. The summed E-state index contributed by atoms with van der Waals surface area (Å²) in [6.45, 7) is 1.51. The van der Waals surface area contributed by atoms with Crippen LogP contribution in [0.5, 0.6) is 0 Å². The zero-order valence-electron chi connectivity index (χ0n) is 9.97. The van der Waals surface area contributed by atoms with Crippen LogP contribution in [0.3, 0.4) is 0 Å². The third kappa shape index (κ3) is 5.07. The van der Waals surface area contributed by atoms with Gasteiger partial charge in [-0.15, -0.1) is 0 Å². The van der Waals surface area contributed by atoms with E-state index >= 15 is 0 Å². The average Bonchev–Trinajstić information content (AvgIpc) is 2.33. The molecular weight excluding hydrogens is 245 g/mol. The summed E-state index contributed by atoms with van der Waals surface area (Å²) in [7, 11) is 0. The first-order valence-corrected chi connectivity index (χ1v) is 5.61. The quantitative estimate of drug-likeness (QED) is 0.854. The van der Waals surface area contributed by atoms with Gasteiger partial charge in [-0.1, -0.05) is 6.92 Å². The largest absolute Gasteiger partial charge is 0.405 e. The zero-order valence-corrected chi connectivity index (χ0v) is 9.97. The molecule has 0 heterocycles. The molecule has 1 amide bonds. The van der Waals surface area contributed by atoms with Crippen molar-refractivity contribution in [1.29, 1.82) is 0 Å². The molecular formula is C12H15F3N2O. The third-order valence-corrected chi connectivity index (χ3v) is 2.18. The van der Waals surface area contributed by atoms with Gasteiger partial charge in [0.15, 0.2) is 0 Å². The number of halogens is 3. The Morgan fingerprint density at radius 2 is 1.83 bits per heavy atom. The SMILES string of the molecule is CCCNc1ccc(C(=O)NCC(F)(F)F)cc1. The Balaban J connectivity index is 2.54. The van der Waals surface area contributed by atoms with E-state index in [9.17, 15) is 18.0 Å². The van der Waals surface area contributed by atoms with Gasteiger partial charge in [0.1, 0.15) is 6.54 Å². The van der Waals surface area contributed by atoms with Crippen LogP contribution in [-0.4, -0.2) is 25.2 Å². The van der Waals surface area contributed by atoms with Crippen LogP contribution in [0.15, 0.2) is 24.3 Å². The highest BCUT2D eigenvalue weighted by atomic mass is 19.4. The van der Waals surface area contributed by atoms with E-state index in [4.69, 9.17) is 0 Å². The number of benzene rings is 1. The minimum absolute atomic E-state index is 0.210. The van der Waals surface area contributed by atoms with Crippen molar-refractivity contribution in [2.75, 3.05) is 18.4 Å². The van der Waals surface area contributed by atoms with Crippen molar-refractivity contribution >= 4 is 11.6 Å². The number of hydrogen-bond acceptors (Lipinski definition) is 2. The molecule has 0 radical (unpaired) electrons. The van der Waals surface area contributed by atoms with Gasteiger partial charge in [0.2, 0.25) is 0 Å². The fraction of sp³-hybridized carbons (Fsp3) is 0.417. The summed E-state index contributed by atoms with van der Waals surface area (Å²) in [5.74, 6) is -0.727. The van der Waals surface area contributed by atoms with Crippen molar-refractivity contribution in [2.45, 2.75) is 19.5 Å². The molecule has 2 N–H and O–H groups in total. The van der Waals surface area contributed by atoms with Crippen LogP contribution in [0.4, 0.5) is 18.9 Å². The first kappa shape index (κ1) is 14.3. The predicted octanol–water partition coefficient (Wildman–Crippen LogP) is 2.80. The number of amides is 1. The van der Waals surface area contributed by atoms with E-state index in [0.29, 0.717) is 0 Å². The maximum atomic E-state index is 11.9. The molecule has 1 rings (SSSR count). The minimum Gasteiger partial charge on any atom is -0.385 e. The van der Waals surface area contributed by atoms with Gasteiger partial charge >= 0.3 is 6.18 Å². The van der Waals surface area contributed by atoms with Crippen molar-refractivity contribution in [3.05, 3.63) is 29.8 Å². The Morgan fingerprint density at radius 3 is 2.33 bits per heavy atom. The second kappa shape index (κ2) is 6.28. The molecule has 0 aromatic heterocycles. The lowest BCUT2D eigenvalue weighted by molar-refractivity contribution is -0.123. The van der Waals surface area contributed by atoms with Crippen LogP contribution in [0.25, 0.3) is 0 Å². The molecule has 1 aromatic rings. The monoisotopic (exact) mass is 260 g/mol. The summed E-state index contributed by atoms with van der Waals surface area (Å²) in [5, 5.41) is 4.92. The van der Waals surface area contributed by atoms with E-state index in [2.05, 4.69) is 5.32 Å². The number of nitrogens with one attached hydrogen (secondary N) is 2. The highest BCUT2D eigenvalue weighted by Gasteiger charge is 2.27. The van der Waals surface area contributed by atoms with Crippen molar-refractivity contribution in [3.63, 3.8) is 0 Å². The lowest BCUT2D eigenvalue weighted by Crippen LogP contribution is -2.33. The third-order valence-electron chi connectivity index (χ3n) is 2.18. The second-order valence-electron chi connectivity index (χ2n) is 3.80. The number of anilines is 1. The number of rotatable bonds is 5. The molecule has 0 aliphatic rings. The summed E-state index contributed by atoms with van der Waals surface area (Å²) < 4.78 is 35.7. The van der Waals surface area contributed by atoms with Crippen molar-refractivity contribution in [1.82, 2.24) is 5.32 Å². The number of carbonyl (C=O) groups is 1. The Labute approximate surface area is 103 Å². The average molecular weight is 260 g/mol. The van der Waals surface area contributed by atoms with Crippen molar-refractivity contribution in [2.24, 2.45) is 0 Å². The number of hydrogen-bond donors (Lipinski definition) is 2. The first-order valence-electron chi connectivity index (χ1n) is 5.61. The lowest BCUT2D eigenvalue weighted by atomic mass is 10.2. The molecule has 3 nitrogen and oxygen atoms in total. The topological polar surface area (TPSA) is 41.1 Å². The highest BCUT2D eigenvalue weighted by Crippen LogP contribution is 2.13. The maximum absolute atomic E-state index is 11.9. The summed E-state index contributed by atoms with van der Waals surface area (Å²) in [6.07, 6.45) is -3.42. The van der Waals surface area contributed by atoms with E-state index in [0.717, 1.165) is 18.7 Å². The van der Waals surface area contributed by atoms with Crippen LogP contribution < -0.4 is 10.6 Å². The molecule has 6 heteroatoms. The van der Waals surface area contributed by atoms with Crippen LogP contribution in [0.2, 0.25) is 0 Å². The van der Waals surface area contributed by atoms with E-state index in [1.165, 1.54) is 12.1 Å². The maximum Gasteiger partial charge on any atom is 0.405 e. The predicted molar refractivity (Wildman–Crippen MR) is 63.6 cm³/mol. The van der Waals surface area contributed by atoms with E-state index < -0.39 is 18.6 Å². The van der Waals surface area contributed by atoms with Crippen LogP contribution in [-0.2, 0) is 0 Å².